The minimum absolute atomic E-state index is 0.266. The van der Waals surface area contributed by atoms with Crippen molar-refractivity contribution in [2.75, 3.05) is 0 Å². The third-order valence-electron chi connectivity index (χ3n) is 4.19. The van der Waals surface area contributed by atoms with E-state index < -0.39 is 11.4 Å². The van der Waals surface area contributed by atoms with Crippen molar-refractivity contribution in [1.29, 1.82) is 0 Å². The number of nitrogens with zero attached hydrogens (tertiary/aromatic N) is 1. The third-order valence-corrected chi connectivity index (χ3v) is 4.40. The lowest BCUT2D eigenvalue weighted by molar-refractivity contribution is -0.148. The summed E-state index contributed by atoms with van der Waals surface area (Å²) < 4.78 is 1.75. The highest BCUT2D eigenvalue weighted by Gasteiger charge is 2.46. The molecule has 20 heavy (non-hydrogen) atoms. The maximum atomic E-state index is 12.3. The molecule has 2 N–H and O–H groups in total. The van der Waals surface area contributed by atoms with Crippen molar-refractivity contribution in [3.63, 3.8) is 0 Å². The molecular formula is C14H19ClN2O3. The van der Waals surface area contributed by atoms with Gasteiger partial charge in [-0.2, -0.15) is 0 Å². The van der Waals surface area contributed by atoms with Crippen LogP contribution in [0.3, 0.4) is 0 Å². The molecular weight excluding hydrogens is 280 g/mol. The van der Waals surface area contributed by atoms with E-state index in [2.05, 4.69) is 5.32 Å². The first kappa shape index (κ1) is 14.9. The second kappa shape index (κ2) is 5.48. The van der Waals surface area contributed by atoms with Gasteiger partial charge >= 0.3 is 5.97 Å². The van der Waals surface area contributed by atoms with Crippen LogP contribution in [0, 0.1) is 5.41 Å². The lowest BCUT2D eigenvalue weighted by atomic mass is 9.85. The predicted molar refractivity (Wildman–Crippen MR) is 76.0 cm³/mol. The third kappa shape index (κ3) is 2.54. The summed E-state index contributed by atoms with van der Waals surface area (Å²) in [6, 6.07) is 1.26. The number of rotatable bonds is 4. The van der Waals surface area contributed by atoms with Gasteiger partial charge in [0.2, 0.25) is 0 Å². The van der Waals surface area contributed by atoms with Crippen LogP contribution in [-0.4, -0.2) is 27.6 Å². The van der Waals surface area contributed by atoms with E-state index >= 15 is 0 Å². The Labute approximate surface area is 122 Å². The Kier molecular flexibility index (Phi) is 4.09. The molecule has 0 spiro atoms. The van der Waals surface area contributed by atoms with E-state index in [1.807, 2.05) is 6.92 Å². The molecule has 1 aliphatic rings. The molecule has 2 atom stereocenters. The molecule has 1 aliphatic carbocycles. The summed E-state index contributed by atoms with van der Waals surface area (Å²) in [6.45, 7) is 4.25. The average Bonchev–Trinajstić information content (AvgIpc) is 2.94. The Morgan fingerprint density at radius 1 is 1.60 bits per heavy atom. The SMILES string of the molecule is CCn1cc(Cl)cc1C(=O)NC1CCCC1(C)C(=O)O. The number of amides is 1. The van der Waals surface area contributed by atoms with Gasteiger partial charge < -0.3 is 15.0 Å². The van der Waals surface area contributed by atoms with Gasteiger partial charge in [-0.3, -0.25) is 9.59 Å². The molecule has 5 nitrogen and oxygen atoms in total. The van der Waals surface area contributed by atoms with E-state index in [1.165, 1.54) is 0 Å². The number of carbonyl (C=O) groups excluding carboxylic acids is 1. The largest absolute Gasteiger partial charge is 0.481 e. The van der Waals surface area contributed by atoms with Crippen molar-refractivity contribution in [2.24, 2.45) is 5.41 Å². The van der Waals surface area contributed by atoms with Crippen molar-refractivity contribution in [2.45, 2.75) is 45.7 Å². The first-order valence-electron chi connectivity index (χ1n) is 6.78. The number of aromatic nitrogens is 1. The first-order valence-corrected chi connectivity index (χ1v) is 7.16. The van der Waals surface area contributed by atoms with Crippen molar-refractivity contribution >= 4 is 23.5 Å². The highest BCUT2D eigenvalue weighted by Crippen LogP contribution is 2.38. The van der Waals surface area contributed by atoms with Gasteiger partial charge in [0.15, 0.2) is 0 Å². The van der Waals surface area contributed by atoms with E-state index in [9.17, 15) is 14.7 Å². The van der Waals surface area contributed by atoms with Crippen LogP contribution in [0.4, 0.5) is 0 Å². The number of aryl methyl sites for hydroxylation is 1. The quantitative estimate of drug-likeness (QED) is 0.897. The average molecular weight is 299 g/mol. The van der Waals surface area contributed by atoms with Crippen LogP contribution in [-0.2, 0) is 11.3 Å². The Morgan fingerprint density at radius 3 is 2.90 bits per heavy atom. The molecule has 0 bridgehead atoms. The molecule has 2 unspecified atom stereocenters. The molecule has 0 radical (unpaired) electrons. The number of carboxylic acids is 1. The number of nitrogens with one attached hydrogen (secondary N) is 1. The van der Waals surface area contributed by atoms with Crippen LogP contribution in [0.25, 0.3) is 0 Å². The van der Waals surface area contributed by atoms with Crippen LogP contribution in [0.15, 0.2) is 12.3 Å². The monoisotopic (exact) mass is 298 g/mol. The number of halogens is 1. The van der Waals surface area contributed by atoms with Crippen molar-refractivity contribution in [3.05, 3.63) is 23.0 Å². The van der Waals surface area contributed by atoms with E-state index in [1.54, 1.807) is 23.8 Å². The molecule has 0 saturated heterocycles. The number of hydrogen-bond donors (Lipinski definition) is 2. The zero-order chi connectivity index (χ0) is 14.9. The van der Waals surface area contributed by atoms with Crippen molar-refractivity contribution < 1.29 is 14.7 Å². The lowest BCUT2D eigenvalue weighted by Crippen LogP contribution is -2.47. The zero-order valence-electron chi connectivity index (χ0n) is 11.6. The van der Waals surface area contributed by atoms with Crippen LogP contribution in [0.1, 0.15) is 43.6 Å². The van der Waals surface area contributed by atoms with E-state index in [4.69, 9.17) is 11.6 Å². The van der Waals surface area contributed by atoms with Gasteiger partial charge in [-0.25, -0.2) is 0 Å². The van der Waals surface area contributed by atoms with Gasteiger partial charge in [0.25, 0.3) is 5.91 Å². The summed E-state index contributed by atoms with van der Waals surface area (Å²) in [5.74, 6) is -1.12. The minimum atomic E-state index is -0.886. The van der Waals surface area contributed by atoms with E-state index in [0.717, 1.165) is 6.42 Å². The van der Waals surface area contributed by atoms with Gasteiger partial charge in [0.1, 0.15) is 5.69 Å². The minimum Gasteiger partial charge on any atom is -0.481 e. The second-order valence-corrected chi connectivity index (χ2v) is 5.91. The predicted octanol–water partition coefficient (Wildman–Crippen LogP) is 2.53. The number of aliphatic carboxylic acids is 1. The topological polar surface area (TPSA) is 71.3 Å². The van der Waals surface area contributed by atoms with Gasteiger partial charge in [-0.15, -0.1) is 0 Å². The number of hydrogen-bond acceptors (Lipinski definition) is 2. The number of carbonyl (C=O) groups is 2. The van der Waals surface area contributed by atoms with E-state index in [-0.39, 0.29) is 11.9 Å². The maximum Gasteiger partial charge on any atom is 0.311 e. The molecule has 110 valence electrons. The van der Waals surface area contributed by atoms with Gasteiger partial charge in [0.05, 0.1) is 10.4 Å². The summed E-state index contributed by atoms with van der Waals surface area (Å²) >= 11 is 5.92. The summed E-state index contributed by atoms with van der Waals surface area (Å²) in [7, 11) is 0. The molecule has 1 aromatic heterocycles. The molecule has 1 aromatic rings. The van der Waals surface area contributed by atoms with Crippen LogP contribution >= 0.6 is 11.6 Å². The molecule has 1 saturated carbocycles. The van der Waals surface area contributed by atoms with Crippen molar-refractivity contribution in [1.82, 2.24) is 9.88 Å². The number of carboxylic acid groups (broad SMARTS) is 1. The summed E-state index contributed by atoms with van der Waals surface area (Å²) in [6.07, 6.45) is 3.78. The molecule has 1 fully saturated rings. The van der Waals surface area contributed by atoms with Gasteiger partial charge in [-0.1, -0.05) is 18.0 Å². The first-order chi connectivity index (χ1) is 9.38. The van der Waals surface area contributed by atoms with Crippen LogP contribution in [0.2, 0.25) is 5.02 Å². The zero-order valence-corrected chi connectivity index (χ0v) is 12.4. The standard InChI is InChI=1S/C14H19ClN2O3/c1-3-17-8-9(15)7-10(17)12(18)16-11-5-4-6-14(11,2)13(19)20/h7-8,11H,3-6H2,1-2H3,(H,16,18)(H,19,20). The second-order valence-electron chi connectivity index (χ2n) is 5.47. The van der Waals surface area contributed by atoms with Crippen molar-refractivity contribution in [3.8, 4) is 0 Å². The Bertz CT molecular complexity index is 541. The van der Waals surface area contributed by atoms with Gasteiger partial charge in [-0.05, 0) is 32.8 Å². The smallest absolute Gasteiger partial charge is 0.311 e. The summed E-state index contributed by atoms with van der Waals surface area (Å²) in [5.41, 5.74) is -0.416. The molecule has 6 heteroatoms. The maximum absolute atomic E-state index is 12.3. The molecule has 0 aliphatic heterocycles. The van der Waals surface area contributed by atoms with Gasteiger partial charge in [0, 0.05) is 18.8 Å². The normalized spacial score (nSPS) is 25.6. The Morgan fingerprint density at radius 2 is 2.30 bits per heavy atom. The summed E-state index contributed by atoms with van der Waals surface area (Å²) in [4.78, 5) is 23.7. The molecule has 1 heterocycles. The highest BCUT2D eigenvalue weighted by molar-refractivity contribution is 6.31. The highest BCUT2D eigenvalue weighted by atomic mass is 35.5. The fourth-order valence-electron chi connectivity index (χ4n) is 2.81. The Hall–Kier alpha value is -1.49. The lowest BCUT2D eigenvalue weighted by Gasteiger charge is -2.27. The van der Waals surface area contributed by atoms with E-state index in [0.29, 0.717) is 30.1 Å². The van der Waals surface area contributed by atoms with Crippen LogP contribution in [0.5, 0.6) is 0 Å². The fraction of sp³-hybridized carbons (Fsp3) is 0.571. The fourth-order valence-corrected chi connectivity index (χ4v) is 3.03. The Balaban J connectivity index is 2.17. The summed E-state index contributed by atoms with van der Waals surface area (Å²) in [5, 5.41) is 12.7. The molecule has 1 amide bonds. The molecule has 2 rings (SSSR count). The molecule has 0 aromatic carbocycles. The van der Waals surface area contributed by atoms with Crippen LogP contribution < -0.4 is 5.32 Å².